The summed E-state index contributed by atoms with van der Waals surface area (Å²) in [5.41, 5.74) is 4.28. The third-order valence-corrected chi connectivity index (χ3v) is 6.57. The molecule has 2 amide bonds. The topological polar surface area (TPSA) is 76.7 Å². The Hall–Kier alpha value is -2.95. The summed E-state index contributed by atoms with van der Waals surface area (Å²) in [6.07, 6.45) is 3.22. The van der Waals surface area contributed by atoms with Gasteiger partial charge in [0.1, 0.15) is 19.6 Å². The maximum Gasteiger partial charge on any atom is 0.258 e. The van der Waals surface area contributed by atoms with E-state index in [1.807, 2.05) is 24.3 Å². The number of benzene rings is 2. The number of halogens is 1. The maximum absolute atomic E-state index is 12.3. The van der Waals surface area contributed by atoms with Crippen LogP contribution in [0.4, 0.5) is 0 Å². The highest BCUT2D eigenvalue weighted by molar-refractivity contribution is 6.83. The number of nitrogens with one attached hydrogen (secondary N) is 2. The Bertz CT molecular complexity index is 1050. The van der Waals surface area contributed by atoms with Crippen LogP contribution in [0.3, 0.4) is 0 Å². The van der Waals surface area contributed by atoms with E-state index in [-0.39, 0.29) is 37.1 Å². The second-order valence-electron chi connectivity index (χ2n) is 9.74. The maximum atomic E-state index is 12.3. The third-order valence-electron chi connectivity index (χ3n) is 5.45. The predicted molar refractivity (Wildman–Crippen MR) is 141 cm³/mol. The molecule has 0 radical (unpaired) electrons. The van der Waals surface area contributed by atoms with Gasteiger partial charge in [0.25, 0.3) is 11.8 Å². The third kappa shape index (κ3) is 10.1. The number of rotatable bonds is 8. The van der Waals surface area contributed by atoms with Crippen molar-refractivity contribution in [3.63, 3.8) is 0 Å². The second kappa shape index (κ2) is 12.7. The molecule has 2 N–H and O–H groups in total. The number of carbonyl (C=O) groups excluding carboxylic acids is 2. The minimum atomic E-state index is -1.41. The SMILES string of the molecule is C[Si](C)(C)C#Cc1ccc(OCC(=O)N[C@H]2CC[C@H](NC(=O)COc3ccc(Cl)cc3)CC2)cc1. The summed E-state index contributed by atoms with van der Waals surface area (Å²) >= 11 is 5.85. The minimum Gasteiger partial charge on any atom is -0.484 e. The fraction of sp³-hybridized carbons (Fsp3) is 0.407. The summed E-state index contributed by atoms with van der Waals surface area (Å²) in [5, 5.41) is 6.66. The van der Waals surface area contributed by atoms with Crippen molar-refractivity contribution in [2.24, 2.45) is 0 Å². The molecule has 0 spiro atoms. The van der Waals surface area contributed by atoms with Gasteiger partial charge >= 0.3 is 0 Å². The first-order valence-electron chi connectivity index (χ1n) is 11.9. The van der Waals surface area contributed by atoms with E-state index < -0.39 is 8.07 Å². The molecule has 0 atom stereocenters. The Morgan fingerprint density at radius 2 is 1.26 bits per heavy atom. The molecule has 2 aromatic rings. The quantitative estimate of drug-likeness (QED) is 0.401. The molecule has 6 nitrogen and oxygen atoms in total. The van der Waals surface area contributed by atoms with Gasteiger partial charge < -0.3 is 20.1 Å². The van der Waals surface area contributed by atoms with Gasteiger partial charge in [-0.2, -0.15) is 0 Å². The van der Waals surface area contributed by atoms with Gasteiger partial charge in [-0.1, -0.05) is 37.2 Å². The Morgan fingerprint density at radius 1 is 0.829 bits per heavy atom. The lowest BCUT2D eigenvalue weighted by molar-refractivity contribution is -0.125. The summed E-state index contributed by atoms with van der Waals surface area (Å²) in [7, 11) is -1.41. The molecule has 0 bridgehead atoms. The highest BCUT2D eigenvalue weighted by Gasteiger charge is 2.23. The number of carbonyl (C=O) groups is 2. The van der Waals surface area contributed by atoms with Crippen molar-refractivity contribution in [3.8, 4) is 23.0 Å². The molecular weight excluding hydrogens is 480 g/mol. The van der Waals surface area contributed by atoms with Crippen molar-refractivity contribution in [1.82, 2.24) is 10.6 Å². The summed E-state index contributed by atoms with van der Waals surface area (Å²) in [6, 6.07) is 14.6. The van der Waals surface area contributed by atoms with Gasteiger partial charge in [-0.3, -0.25) is 9.59 Å². The summed E-state index contributed by atoms with van der Waals surface area (Å²) in [6.45, 7) is 6.55. The Balaban J connectivity index is 1.32. The van der Waals surface area contributed by atoms with E-state index >= 15 is 0 Å². The van der Waals surface area contributed by atoms with E-state index in [0.29, 0.717) is 16.5 Å². The second-order valence-corrected chi connectivity index (χ2v) is 14.9. The number of amides is 2. The zero-order valence-corrected chi connectivity index (χ0v) is 22.3. The number of hydrogen-bond donors (Lipinski definition) is 2. The first kappa shape index (κ1) is 26.6. The van der Waals surface area contributed by atoms with Crippen LogP contribution in [-0.2, 0) is 9.59 Å². The molecule has 2 aromatic carbocycles. The molecule has 186 valence electrons. The largest absolute Gasteiger partial charge is 0.484 e. The number of hydrogen-bond acceptors (Lipinski definition) is 4. The van der Waals surface area contributed by atoms with Crippen molar-refractivity contribution in [2.45, 2.75) is 57.4 Å². The fourth-order valence-electron chi connectivity index (χ4n) is 3.64. The molecule has 1 aliphatic carbocycles. The highest BCUT2D eigenvalue weighted by Crippen LogP contribution is 2.19. The first-order valence-corrected chi connectivity index (χ1v) is 15.8. The van der Waals surface area contributed by atoms with Crippen molar-refractivity contribution < 1.29 is 19.1 Å². The van der Waals surface area contributed by atoms with Gasteiger partial charge in [0.2, 0.25) is 0 Å². The normalized spacial score (nSPS) is 17.5. The summed E-state index contributed by atoms with van der Waals surface area (Å²) < 4.78 is 11.1. The number of ether oxygens (including phenoxy) is 2. The standard InChI is InChI=1S/C27H33ClN2O4Si/c1-35(2,3)17-16-20-4-12-24(13-5-20)33-18-26(31)29-22-8-10-23(11-9-22)30-27(32)19-34-25-14-6-21(28)7-15-25/h4-7,12-15,22-23H,8-11,18-19H2,1-3H3,(H,29,31)(H,30,32)/t22-,23-. The zero-order chi connectivity index (χ0) is 25.3. The first-order chi connectivity index (χ1) is 16.7. The lowest BCUT2D eigenvalue weighted by Crippen LogP contribution is -2.45. The van der Waals surface area contributed by atoms with Crippen LogP contribution in [0.5, 0.6) is 11.5 Å². The minimum absolute atomic E-state index is 0.0291. The molecule has 35 heavy (non-hydrogen) atoms. The van der Waals surface area contributed by atoms with Gasteiger partial charge in [-0.15, -0.1) is 5.54 Å². The molecule has 1 saturated carbocycles. The van der Waals surface area contributed by atoms with E-state index in [0.717, 1.165) is 31.2 Å². The zero-order valence-electron chi connectivity index (χ0n) is 20.5. The molecule has 1 aliphatic rings. The Morgan fingerprint density at radius 3 is 1.69 bits per heavy atom. The molecule has 0 heterocycles. The fourth-order valence-corrected chi connectivity index (χ4v) is 4.29. The Labute approximate surface area is 213 Å². The lowest BCUT2D eigenvalue weighted by Gasteiger charge is -2.29. The van der Waals surface area contributed by atoms with Crippen LogP contribution in [0, 0.1) is 11.5 Å². The van der Waals surface area contributed by atoms with Crippen LogP contribution in [0.2, 0.25) is 24.7 Å². The van der Waals surface area contributed by atoms with Gasteiger partial charge in [0.05, 0.1) is 0 Å². The van der Waals surface area contributed by atoms with E-state index in [2.05, 4.69) is 41.7 Å². The van der Waals surface area contributed by atoms with Gasteiger partial charge in [0.15, 0.2) is 13.2 Å². The molecule has 0 unspecified atom stereocenters. The van der Waals surface area contributed by atoms with E-state index in [4.69, 9.17) is 21.1 Å². The van der Waals surface area contributed by atoms with Gasteiger partial charge in [-0.05, 0) is 74.2 Å². The van der Waals surface area contributed by atoms with Crippen LogP contribution >= 0.6 is 11.6 Å². The van der Waals surface area contributed by atoms with Crippen molar-refractivity contribution in [1.29, 1.82) is 0 Å². The molecular formula is C27H33ClN2O4Si. The van der Waals surface area contributed by atoms with Crippen LogP contribution in [0.1, 0.15) is 31.2 Å². The molecule has 3 rings (SSSR count). The smallest absolute Gasteiger partial charge is 0.258 e. The molecule has 0 aromatic heterocycles. The van der Waals surface area contributed by atoms with Crippen LogP contribution in [0.15, 0.2) is 48.5 Å². The predicted octanol–water partition coefficient (Wildman–Crippen LogP) is 4.57. The van der Waals surface area contributed by atoms with Crippen LogP contribution in [-0.4, -0.2) is 45.2 Å². The monoisotopic (exact) mass is 512 g/mol. The molecule has 8 heteroatoms. The Kier molecular flexibility index (Phi) is 9.64. The summed E-state index contributed by atoms with van der Waals surface area (Å²) in [4.78, 5) is 24.5. The van der Waals surface area contributed by atoms with E-state index in [9.17, 15) is 9.59 Å². The van der Waals surface area contributed by atoms with E-state index in [1.165, 1.54) is 0 Å². The average Bonchev–Trinajstić information content (AvgIpc) is 2.82. The lowest BCUT2D eigenvalue weighted by atomic mass is 9.91. The van der Waals surface area contributed by atoms with Gasteiger partial charge in [-0.25, -0.2) is 0 Å². The molecule has 1 fully saturated rings. The van der Waals surface area contributed by atoms with Crippen molar-refractivity contribution in [2.75, 3.05) is 13.2 Å². The molecule has 0 saturated heterocycles. The van der Waals surface area contributed by atoms with Crippen LogP contribution < -0.4 is 20.1 Å². The highest BCUT2D eigenvalue weighted by atomic mass is 35.5. The van der Waals surface area contributed by atoms with Crippen molar-refractivity contribution >= 4 is 31.5 Å². The average molecular weight is 513 g/mol. The van der Waals surface area contributed by atoms with Gasteiger partial charge in [0, 0.05) is 22.7 Å². The van der Waals surface area contributed by atoms with E-state index in [1.54, 1.807) is 24.3 Å². The molecule has 0 aliphatic heterocycles. The van der Waals surface area contributed by atoms with Crippen molar-refractivity contribution in [3.05, 3.63) is 59.1 Å². The summed E-state index contributed by atoms with van der Waals surface area (Å²) in [5.74, 6) is 4.15. The van der Waals surface area contributed by atoms with Crippen LogP contribution in [0.25, 0.3) is 0 Å².